The first-order valence-corrected chi connectivity index (χ1v) is 11.6. The van der Waals surface area contributed by atoms with Crippen molar-refractivity contribution in [3.63, 3.8) is 0 Å². The first kappa shape index (κ1) is 22.2. The number of rotatable bonds is 15. The molecule has 1 aromatic rings. The fraction of sp³-hybridized carbons (Fsp3) is 0.762. The minimum Gasteiger partial charge on any atom is -0.260 e. The van der Waals surface area contributed by atoms with Crippen LogP contribution in [0.15, 0.2) is 21.2 Å². The van der Waals surface area contributed by atoms with Crippen LogP contribution in [0.2, 0.25) is 0 Å². The second-order valence-corrected chi connectivity index (χ2v) is 8.55. The van der Waals surface area contributed by atoms with Crippen LogP contribution in [0, 0.1) is 0 Å². The zero-order valence-corrected chi connectivity index (χ0v) is 18.6. The van der Waals surface area contributed by atoms with Crippen molar-refractivity contribution in [1.82, 2.24) is 4.98 Å². The third-order valence-corrected chi connectivity index (χ3v) is 6.76. The summed E-state index contributed by atoms with van der Waals surface area (Å²) < 4.78 is 2.23. The van der Waals surface area contributed by atoms with Gasteiger partial charge in [-0.2, -0.15) is 0 Å². The maximum Gasteiger partial charge on any atom is 0.0556 e. The highest BCUT2D eigenvalue weighted by Crippen LogP contribution is 2.26. The summed E-state index contributed by atoms with van der Waals surface area (Å²) >= 11 is 7.16. The van der Waals surface area contributed by atoms with Crippen LogP contribution in [-0.2, 0) is 6.42 Å². The predicted molar refractivity (Wildman–Crippen MR) is 114 cm³/mol. The number of unbranched alkanes of at least 4 members (excludes halogenated alkanes) is 13. The largest absolute Gasteiger partial charge is 0.260 e. The van der Waals surface area contributed by atoms with Gasteiger partial charge >= 0.3 is 0 Å². The number of halogens is 2. The highest BCUT2D eigenvalue weighted by Gasteiger charge is 2.04. The zero-order chi connectivity index (χ0) is 17.5. The fourth-order valence-electron chi connectivity index (χ4n) is 3.12. The van der Waals surface area contributed by atoms with Crippen molar-refractivity contribution in [2.75, 3.05) is 0 Å². The summed E-state index contributed by atoms with van der Waals surface area (Å²) in [5, 5.41) is 0. The summed E-state index contributed by atoms with van der Waals surface area (Å²) in [6, 6.07) is 1.98. The molecule has 24 heavy (non-hydrogen) atoms. The van der Waals surface area contributed by atoms with Crippen molar-refractivity contribution in [3.05, 3.63) is 26.9 Å². The quantitative estimate of drug-likeness (QED) is 0.238. The Morgan fingerprint density at radius 2 is 1.17 bits per heavy atom. The molecule has 0 spiro atoms. The maximum absolute atomic E-state index is 4.46. The molecule has 1 nitrogen and oxygen atoms in total. The van der Waals surface area contributed by atoms with E-state index in [0.717, 1.165) is 15.4 Å². The van der Waals surface area contributed by atoms with Gasteiger partial charge in [0.1, 0.15) is 0 Å². The molecule has 1 aromatic heterocycles. The van der Waals surface area contributed by atoms with Gasteiger partial charge in [-0.3, -0.25) is 4.98 Å². The molecule has 0 saturated heterocycles. The third-order valence-electron chi connectivity index (χ3n) is 4.68. The molecule has 0 unspecified atom stereocenters. The molecular formula is C21H35Br2N. The number of hydrogen-bond donors (Lipinski definition) is 0. The minimum absolute atomic E-state index is 1.08. The Hall–Kier alpha value is 0.110. The highest BCUT2D eigenvalue weighted by atomic mass is 79.9. The lowest BCUT2D eigenvalue weighted by Crippen LogP contribution is -1.92. The van der Waals surface area contributed by atoms with Gasteiger partial charge in [0.15, 0.2) is 0 Å². The van der Waals surface area contributed by atoms with E-state index in [-0.39, 0.29) is 0 Å². The molecule has 0 aromatic carbocycles. The molecule has 0 saturated carbocycles. The van der Waals surface area contributed by atoms with Crippen LogP contribution in [-0.4, -0.2) is 4.98 Å². The number of aromatic nitrogens is 1. The molecule has 0 atom stereocenters. The molecule has 0 aliphatic rings. The molecule has 0 aliphatic heterocycles. The lowest BCUT2D eigenvalue weighted by atomic mass is 10.0. The van der Waals surface area contributed by atoms with E-state index in [1.54, 1.807) is 0 Å². The predicted octanol–water partition coefficient (Wildman–Crippen LogP) is 8.63. The van der Waals surface area contributed by atoms with Crippen molar-refractivity contribution < 1.29 is 0 Å². The van der Waals surface area contributed by atoms with Crippen LogP contribution >= 0.6 is 31.9 Å². The summed E-state index contributed by atoms with van der Waals surface area (Å²) in [6.07, 6.45) is 22.7. The molecular weight excluding hydrogens is 426 g/mol. The van der Waals surface area contributed by atoms with Crippen molar-refractivity contribution in [2.24, 2.45) is 0 Å². The first-order chi connectivity index (χ1) is 11.8. The molecule has 0 N–H and O–H groups in total. The molecule has 0 fully saturated rings. The van der Waals surface area contributed by atoms with E-state index in [4.69, 9.17) is 0 Å². The standard InChI is InChI=1S/C21H35Br2N/c1-2-3-4-5-6-7-8-9-10-11-12-13-14-15-16-20-21(23)19(22)17-18-24-20/h17-18H,2-16H2,1H3. The lowest BCUT2D eigenvalue weighted by molar-refractivity contribution is 0.535. The Morgan fingerprint density at radius 3 is 1.67 bits per heavy atom. The molecule has 1 heterocycles. The average Bonchev–Trinajstić information content (AvgIpc) is 2.58. The van der Waals surface area contributed by atoms with Crippen molar-refractivity contribution in [2.45, 2.75) is 103 Å². The minimum atomic E-state index is 1.08. The smallest absolute Gasteiger partial charge is 0.0556 e. The van der Waals surface area contributed by atoms with E-state index >= 15 is 0 Å². The summed E-state index contributed by atoms with van der Waals surface area (Å²) in [5.41, 5.74) is 1.18. The van der Waals surface area contributed by atoms with Crippen LogP contribution < -0.4 is 0 Å². The average molecular weight is 461 g/mol. The summed E-state index contributed by atoms with van der Waals surface area (Å²) in [4.78, 5) is 4.46. The van der Waals surface area contributed by atoms with Gasteiger partial charge in [0, 0.05) is 10.7 Å². The molecule has 0 aliphatic carbocycles. The van der Waals surface area contributed by atoms with Gasteiger partial charge in [-0.15, -0.1) is 0 Å². The Balaban J connectivity index is 1.85. The van der Waals surface area contributed by atoms with Gasteiger partial charge in [-0.1, -0.05) is 90.4 Å². The van der Waals surface area contributed by atoms with Gasteiger partial charge in [-0.25, -0.2) is 0 Å². The van der Waals surface area contributed by atoms with Gasteiger partial charge in [-0.05, 0) is 50.8 Å². The number of aryl methyl sites for hydroxylation is 1. The van der Waals surface area contributed by atoms with Crippen LogP contribution in [0.4, 0.5) is 0 Å². The van der Waals surface area contributed by atoms with E-state index in [1.807, 2.05) is 12.3 Å². The molecule has 3 heteroatoms. The monoisotopic (exact) mass is 459 g/mol. The zero-order valence-electron chi connectivity index (χ0n) is 15.5. The molecule has 1 rings (SSSR count). The van der Waals surface area contributed by atoms with E-state index in [0.29, 0.717) is 0 Å². The summed E-state index contributed by atoms with van der Waals surface area (Å²) in [5.74, 6) is 0. The van der Waals surface area contributed by atoms with Gasteiger partial charge in [0.05, 0.1) is 10.2 Å². The van der Waals surface area contributed by atoms with E-state index < -0.39 is 0 Å². The number of pyridine rings is 1. The molecule has 138 valence electrons. The second-order valence-electron chi connectivity index (χ2n) is 6.90. The Morgan fingerprint density at radius 1 is 0.708 bits per heavy atom. The van der Waals surface area contributed by atoms with Crippen LogP contribution in [0.1, 0.15) is 103 Å². The Labute approximate surface area is 166 Å². The van der Waals surface area contributed by atoms with Crippen molar-refractivity contribution in [3.8, 4) is 0 Å². The van der Waals surface area contributed by atoms with Crippen LogP contribution in [0.3, 0.4) is 0 Å². The first-order valence-electron chi connectivity index (χ1n) is 10.0. The van der Waals surface area contributed by atoms with Crippen LogP contribution in [0.25, 0.3) is 0 Å². The Kier molecular flexibility index (Phi) is 14.2. The summed E-state index contributed by atoms with van der Waals surface area (Å²) in [7, 11) is 0. The van der Waals surface area contributed by atoms with Crippen LogP contribution in [0.5, 0.6) is 0 Å². The van der Waals surface area contributed by atoms with E-state index in [2.05, 4.69) is 43.8 Å². The molecule has 0 amide bonds. The van der Waals surface area contributed by atoms with Gasteiger partial charge in [0.2, 0.25) is 0 Å². The van der Waals surface area contributed by atoms with Gasteiger partial charge in [0.25, 0.3) is 0 Å². The van der Waals surface area contributed by atoms with E-state index in [1.165, 1.54) is 95.6 Å². The van der Waals surface area contributed by atoms with Gasteiger partial charge < -0.3 is 0 Å². The second kappa shape index (κ2) is 15.4. The lowest BCUT2D eigenvalue weighted by Gasteiger charge is -2.05. The molecule has 0 bridgehead atoms. The summed E-state index contributed by atoms with van der Waals surface area (Å²) in [6.45, 7) is 2.29. The fourth-order valence-corrected chi connectivity index (χ4v) is 3.90. The van der Waals surface area contributed by atoms with Crippen molar-refractivity contribution in [1.29, 1.82) is 0 Å². The highest BCUT2D eigenvalue weighted by molar-refractivity contribution is 9.13. The normalized spacial score (nSPS) is 11.1. The number of hydrogen-bond acceptors (Lipinski definition) is 1. The van der Waals surface area contributed by atoms with E-state index in [9.17, 15) is 0 Å². The van der Waals surface area contributed by atoms with Crippen molar-refractivity contribution >= 4 is 31.9 Å². The SMILES string of the molecule is CCCCCCCCCCCCCCCCc1nccc(Br)c1Br. The third kappa shape index (κ3) is 10.9. The Bertz CT molecular complexity index is 420. The maximum atomic E-state index is 4.46. The molecule has 0 radical (unpaired) electrons. The number of nitrogens with zero attached hydrogens (tertiary/aromatic N) is 1. The topological polar surface area (TPSA) is 12.9 Å².